The Hall–Kier alpha value is -5.44. The Morgan fingerprint density at radius 2 is 1.32 bits per heavy atom. The lowest BCUT2D eigenvalue weighted by Crippen LogP contribution is -2.53. The van der Waals surface area contributed by atoms with E-state index in [4.69, 9.17) is 45.7 Å². The van der Waals surface area contributed by atoms with E-state index in [0.717, 1.165) is 27.9 Å². The lowest BCUT2D eigenvalue weighted by molar-refractivity contribution is -0.149. The van der Waals surface area contributed by atoms with Crippen molar-refractivity contribution in [1.29, 1.82) is 0 Å². The van der Waals surface area contributed by atoms with Gasteiger partial charge >= 0.3 is 21.4 Å². The van der Waals surface area contributed by atoms with E-state index in [1.165, 1.54) is 14.2 Å². The Balaban J connectivity index is 0.899. The molecule has 0 aliphatic carbocycles. The molecule has 85 heavy (non-hydrogen) atoms. The summed E-state index contributed by atoms with van der Waals surface area (Å²) in [7, 11) is 7.15. The Morgan fingerprint density at radius 3 is 2.02 bits per heavy atom. The van der Waals surface area contributed by atoms with Crippen molar-refractivity contribution in [2.24, 2.45) is 0 Å². The number of para-hydroxylation sites is 1. The van der Waals surface area contributed by atoms with Crippen molar-refractivity contribution in [1.82, 2.24) is 48.8 Å². The Morgan fingerprint density at radius 1 is 0.694 bits per heavy atom. The molecule has 462 valence electrons. The maximum atomic E-state index is 15.2. The van der Waals surface area contributed by atoms with Gasteiger partial charge in [0.05, 0.1) is 82.5 Å². The first-order valence-electron chi connectivity index (χ1n) is 29.0. The van der Waals surface area contributed by atoms with Crippen molar-refractivity contribution in [2.45, 2.75) is 75.9 Å². The average Bonchev–Trinajstić information content (AvgIpc) is 2.73. The van der Waals surface area contributed by atoms with Crippen LogP contribution < -0.4 is 10.2 Å². The normalized spacial score (nSPS) is 20.8. The smallest absolute Gasteiger partial charge is 0.409 e. The molecule has 5 heterocycles. The first-order chi connectivity index (χ1) is 41.0. The topological polar surface area (TPSA) is 253 Å². The Kier molecular flexibility index (Phi) is 24.3. The van der Waals surface area contributed by atoms with Crippen LogP contribution in [-0.2, 0) is 75.8 Å². The minimum absolute atomic E-state index is 0.0285. The number of aliphatic hydroxyl groups excluding tert-OH is 1. The summed E-state index contributed by atoms with van der Waals surface area (Å²) in [5.41, 5.74) is 5.64. The summed E-state index contributed by atoms with van der Waals surface area (Å²) in [4.78, 5) is 59.0. The van der Waals surface area contributed by atoms with E-state index < -0.39 is 45.7 Å². The predicted octanol–water partition coefficient (Wildman–Crippen LogP) is 4.34. The number of piperazine rings is 1. The van der Waals surface area contributed by atoms with Crippen LogP contribution in [0.4, 0.5) is 10.5 Å². The summed E-state index contributed by atoms with van der Waals surface area (Å²) < 4.78 is 79.4. The second-order valence-corrected chi connectivity index (χ2v) is 26.8. The van der Waals surface area contributed by atoms with Gasteiger partial charge in [-0.1, -0.05) is 78.0 Å². The van der Waals surface area contributed by atoms with Gasteiger partial charge in [0.25, 0.3) is 0 Å². The maximum absolute atomic E-state index is 15.2. The molecule has 2 N–H and O–H groups in total. The maximum Gasteiger partial charge on any atom is 0.409 e. The quantitative estimate of drug-likeness (QED) is 0.0456. The fourth-order valence-electron chi connectivity index (χ4n) is 10.8. The standard InChI is InChI=1S/C57H82BN11O14P2/c1-59-52(71)21-13-14-24-69-56-49-19-11-12-20-50(49)68(36-44-17-9-10-18-48(44)55(56)60-61-69)54(73)23-22-53(72)65-37-45(35-43-15-7-6-8-16-43)82-46(38-65)41-81-85(76,63(4)5)67-39-47(83-51(58)40-67)42-80-84(75,62(2)3)66-27-25-64(26-28-66)57(74)79-34-33-78-32-31-77-30-29-70/h6-12,15-20,45-47,51,70H,13-14,21-42H2,1-5H3,(H,59,71)/t45-,46?,47?,51+,84?,85?/m0/s1. The number of benzene rings is 3. The molecule has 0 bridgehead atoms. The first kappa shape index (κ1) is 65.5. The van der Waals surface area contributed by atoms with Crippen LogP contribution in [0.15, 0.2) is 78.9 Å². The van der Waals surface area contributed by atoms with Crippen LogP contribution in [0.5, 0.6) is 0 Å². The molecule has 28 heteroatoms. The fourth-order valence-corrected chi connectivity index (χ4v) is 14.8. The van der Waals surface area contributed by atoms with Crippen LogP contribution >= 0.6 is 15.3 Å². The lowest BCUT2D eigenvalue weighted by Gasteiger charge is -2.44. The average molecular weight is 1220 g/mol. The van der Waals surface area contributed by atoms with Gasteiger partial charge in [-0.15, -0.1) is 5.10 Å². The monoisotopic (exact) mass is 1220 g/mol. The summed E-state index contributed by atoms with van der Waals surface area (Å²) in [6.45, 7) is 2.84. The molecule has 3 fully saturated rings. The molecule has 4 aliphatic rings. The molecule has 4 aromatic rings. The van der Waals surface area contributed by atoms with E-state index in [2.05, 4.69) is 15.6 Å². The first-order valence-corrected chi connectivity index (χ1v) is 32.1. The summed E-state index contributed by atoms with van der Waals surface area (Å²) >= 11 is 0. The van der Waals surface area contributed by atoms with Gasteiger partial charge in [-0.25, -0.2) is 28.2 Å². The minimum atomic E-state index is -3.88. The molecule has 3 saturated heterocycles. The Bertz CT molecular complexity index is 2940. The van der Waals surface area contributed by atoms with E-state index in [1.54, 1.807) is 54.4 Å². The number of nitrogens with one attached hydrogen (secondary N) is 1. The highest BCUT2D eigenvalue weighted by atomic mass is 31.2. The molecule has 3 aromatic carbocycles. The molecule has 25 nitrogen and oxygen atoms in total. The summed E-state index contributed by atoms with van der Waals surface area (Å²) in [6.07, 6.45) is -0.406. The van der Waals surface area contributed by atoms with Gasteiger partial charge in [0, 0.05) is 109 Å². The van der Waals surface area contributed by atoms with Gasteiger partial charge in [0.1, 0.15) is 20.1 Å². The number of carbonyl (C=O) groups excluding carboxylic acids is 4. The minimum Gasteiger partial charge on any atom is -0.447 e. The zero-order valence-electron chi connectivity index (χ0n) is 49.5. The summed E-state index contributed by atoms with van der Waals surface area (Å²) in [5, 5.41) is 20.7. The third-order valence-electron chi connectivity index (χ3n) is 15.2. The summed E-state index contributed by atoms with van der Waals surface area (Å²) in [6, 6.07) is 24.4. The summed E-state index contributed by atoms with van der Waals surface area (Å²) in [5.74, 6) is -0.509. The molecule has 2 radical (unpaired) electrons. The van der Waals surface area contributed by atoms with Crippen LogP contribution in [0, 0.1) is 0 Å². The Labute approximate surface area is 499 Å². The van der Waals surface area contributed by atoms with E-state index in [1.807, 2.05) is 83.5 Å². The van der Waals surface area contributed by atoms with Gasteiger partial charge in [-0.2, -0.15) is 0 Å². The third kappa shape index (κ3) is 17.2. The highest BCUT2D eigenvalue weighted by Crippen LogP contribution is 2.55. The van der Waals surface area contributed by atoms with Crippen molar-refractivity contribution in [3.63, 3.8) is 0 Å². The second kappa shape index (κ2) is 31.5. The van der Waals surface area contributed by atoms with E-state index in [-0.39, 0.29) is 129 Å². The highest BCUT2D eigenvalue weighted by Gasteiger charge is 2.44. The molecule has 0 saturated carbocycles. The van der Waals surface area contributed by atoms with Gasteiger partial charge in [-0.05, 0) is 58.2 Å². The number of ether oxygens (including phenoxy) is 5. The largest absolute Gasteiger partial charge is 0.447 e. The molecule has 1 aromatic heterocycles. The molecule has 4 aliphatic heterocycles. The lowest BCUT2D eigenvalue weighted by atomic mass is 9.95. The van der Waals surface area contributed by atoms with Crippen LogP contribution in [0.2, 0.25) is 0 Å². The number of aliphatic hydroxyl groups is 1. The number of morpholine rings is 2. The van der Waals surface area contributed by atoms with E-state index in [0.29, 0.717) is 56.8 Å². The number of hydrogen-bond acceptors (Lipinski definition) is 16. The number of anilines is 1. The molecular formula is C57H82BN11O14P2. The van der Waals surface area contributed by atoms with Crippen molar-refractivity contribution in [3.05, 3.63) is 90.0 Å². The number of rotatable bonds is 28. The van der Waals surface area contributed by atoms with Crippen molar-refractivity contribution in [3.8, 4) is 22.5 Å². The zero-order chi connectivity index (χ0) is 60.5. The number of fused-ring (bicyclic) bond motifs is 5. The van der Waals surface area contributed by atoms with Crippen LogP contribution in [0.1, 0.15) is 43.2 Å². The van der Waals surface area contributed by atoms with Crippen LogP contribution in [-0.4, -0.2) is 245 Å². The number of carbonyl (C=O) groups is 4. The van der Waals surface area contributed by atoms with Crippen molar-refractivity contribution < 1.29 is 66.1 Å². The number of hydrogen-bond donors (Lipinski definition) is 2. The van der Waals surface area contributed by atoms with Crippen LogP contribution in [0.25, 0.3) is 22.5 Å². The predicted molar refractivity (Wildman–Crippen MR) is 318 cm³/mol. The number of nitrogens with zero attached hydrogens (tertiary/aromatic N) is 10. The van der Waals surface area contributed by atoms with Gasteiger partial charge in [0.2, 0.25) is 17.7 Å². The zero-order valence-corrected chi connectivity index (χ0v) is 51.3. The number of unbranched alkanes of at least 4 members (excludes halogenated alkanes) is 1. The van der Waals surface area contributed by atoms with Gasteiger partial charge in [0.15, 0.2) is 0 Å². The number of amides is 4. The van der Waals surface area contributed by atoms with Crippen molar-refractivity contribution >= 4 is 52.7 Å². The van der Waals surface area contributed by atoms with Crippen molar-refractivity contribution in [2.75, 3.05) is 145 Å². The fraction of sp³-hybridized carbons (Fsp3) is 0.579. The molecule has 4 amide bonds. The third-order valence-corrected chi connectivity index (χ3v) is 20.3. The second-order valence-electron chi connectivity index (χ2n) is 21.6. The number of aromatic nitrogens is 3. The van der Waals surface area contributed by atoms with Gasteiger partial charge < -0.3 is 57.9 Å². The molecular weight excluding hydrogens is 1140 g/mol. The molecule has 4 unspecified atom stereocenters. The van der Waals surface area contributed by atoms with E-state index >= 15 is 4.57 Å². The SMILES string of the molecule is [B][C@H]1CN(P(=O)(OCC2CN(C(=O)CCC(=O)N3Cc4ccccc4-c4nnn(CCCCC(=O)NC)c4-c4ccccc43)C[C@H](Cc3ccccc3)O2)N(C)C)CC(COP(=O)(N(C)C)N2CCN(C(=O)OCCOCCOCCO)CC2)O1. The highest BCUT2D eigenvalue weighted by molar-refractivity contribution is 7.54. The van der Waals surface area contributed by atoms with E-state index in [9.17, 15) is 23.7 Å². The van der Waals surface area contributed by atoms with Crippen LogP contribution in [0.3, 0.4) is 0 Å². The molecule has 0 spiro atoms. The molecule has 8 rings (SSSR count). The van der Waals surface area contributed by atoms with Gasteiger partial charge in [-0.3, -0.25) is 23.5 Å². The molecule has 6 atom stereocenters. The number of aryl methyl sites for hydroxylation is 1.